The van der Waals surface area contributed by atoms with Crippen LogP contribution in [0.5, 0.6) is 0 Å². The standard InChI is InChI=1S/C14H18FNO2/c1-14(13(17)18,16-10-6-2-3-7-10)11-8-4-5-9-12(11)15/h4-5,8-10,16H,2-3,6-7H2,1H3,(H,17,18). The van der Waals surface area contributed by atoms with Crippen molar-refractivity contribution >= 4 is 5.97 Å². The van der Waals surface area contributed by atoms with Crippen LogP contribution < -0.4 is 5.32 Å². The molecule has 1 aromatic rings. The van der Waals surface area contributed by atoms with Gasteiger partial charge in [-0.15, -0.1) is 0 Å². The molecule has 0 spiro atoms. The van der Waals surface area contributed by atoms with Crippen LogP contribution in [0.1, 0.15) is 38.2 Å². The van der Waals surface area contributed by atoms with Gasteiger partial charge in [0.05, 0.1) is 0 Å². The Kier molecular flexibility index (Phi) is 3.66. The van der Waals surface area contributed by atoms with Crippen molar-refractivity contribution < 1.29 is 14.3 Å². The van der Waals surface area contributed by atoms with Crippen LogP contribution in [0.3, 0.4) is 0 Å². The zero-order valence-electron chi connectivity index (χ0n) is 10.4. The Bertz CT molecular complexity index is 443. The second kappa shape index (κ2) is 5.06. The molecule has 1 unspecified atom stereocenters. The molecule has 0 saturated heterocycles. The van der Waals surface area contributed by atoms with Crippen LogP contribution >= 0.6 is 0 Å². The van der Waals surface area contributed by atoms with Gasteiger partial charge >= 0.3 is 5.97 Å². The number of carbonyl (C=O) groups is 1. The van der Waals surface area contributed by atoms with E-state index >= 15 is 0 Å². The third-order valence-corrected chi connectivity index (χ3v) is 3.69. The van der Waals surface area contributed by atoms with Gasteiger partial charge < -0.3 is 5.11 Å². The molecule has 1 aliphatic rings. The molecule has 1 aromatic carbocycles. The van der Waals surface area contributed by atoms with Gasteiger partial charge in [-0.25, -0.2) is 9.18 Å². The molecule has 3 nitrogen and oxygen atoms in total. The maximum absolute atomic E-state index is 13.8. The summed E-state index contributed by atoms with van der Waals surface area (Å²) in [6.07, 6.45) is 4.12. The van der Waals surface area contributed by atoms with Crippen molar-refractivity contribution in [2.75, 3.05) is 0 Å². The molecule has 18 heavy (non-hydrogen) atoms. The third-order valence-electron chi connectivity index (χ3n) is 3.69. The lowest BCUT2D eigenvalue weighted by molar-refractivity contribution is -0.145. The third kappa shape index (κ3) is 2.38. The fourth-order valence-corrected chi connectivity index (χ4v) is 2.60. The molecule has 1 saturated carbocycles. The lowest BCUT2D eigenvalue weighted by atomic mass is 9.90. The smallest absolute Gasteiger partial charge is 0.328 e. The number of benzene rings is 1. The minimum atomic E-state index is -1.36. The predicted molar refractivity (Wildman–Crippen MR) is 66.8 cm³/mol. The Balaban J connectivity index is 2.31. The van der Waals surface area contributed by atoms with Crippen molar-refractivity contribution in [1.29, 1.82) is 0 Å². The second-order valence-corrected chi connectivity index (χ2v) is 5.04. The average molecular weight is 251 g/mol. The van der Waals surface area contributed by atoms with Gasteiger partial charge in [-0.2, -0.15) is 0 Å². The predicted octanol–water partition coefficient (Wildman–Crippen LogP) is 2.66. The summed E-state index contributed by atoms with van der Waals surface area (Å²) in [6.45, 7) is 1.53. The van der Waals surface area contributed by atoms with Gasteiger partial charge in [0.1, 0.15) is 11.4 Å². The Hall–Kier alpha value is -1.42. The molecule has 0 aromatic heterocycles. The number of nitrogens with one attached hydrogen (secondary N) is 1. The SMILES string of the molecule is CC(NC1CCCC1)(C(=O)O)c1ccccc1F. The Morgan fingerprint density at radius 3 is 2.56 bits per heavy atom. The lowest BCUT2D eigenvalue weighted by Crippen LogP contribution is -2.51. The van der Waals surface area contributed by atoms with Crippen molar-refractivity contribution in [3.05, 3.63) is 35.6 Å². The number of carboxylic acids is 1. The molecule has 1 fully saturated rings. The summed E-state index contributed by atoms with van der Waals surface area (Å²) >= 11 is 0. The summed E-state index contributed by atoms with van der Waals surface area (Å²) < 4.78 is 13.8. The van der Waals surface area contributed by atoms with E-state index in [4.69, 9.17) is 0 Å². The first-order chi connectivity index (χ1) is 8.54. The van der Waals surface area contributed by atoms with E-state index in [1.165, 1.54) is 19.1 Å². The molecule has 2 rings (SSSR count). The zero-order chi connectivity index (χ0) is 13.2. The molecule has 0 heterocycles. The Labute approximate surface area is 106 Å². The Morgan fingerprint density at radius 2 is 2.00 bits per heavy atom. The van der Waals surface area contributed by atoms with Crippen molar-refractivity contribution in [3.63, 3.8) is 0 Å². The van der Waals surface area contributed by atoms with Crippen LogP contribution in [0.25, 0.3) is 0 Å². The van der Waals surface area contributed by atoms with Crippen LogP contribution in [0.15, 0.2) is 24.3 Å². The van der Waals surface area contributed by atoms with E-state index < -0.39 is 17.3 Å². The molecule has 0 bridgehead atoms. The molecule has 1 atom stereocenters. The van der Waals surface area contributed by atoms with Crippen LogP contribution in [0.2, 0.25) is 0 Å². The van der Waals surface area contributed by atoms with Crippen molar-refractivity contribution in [2.24, 2.45) is 0 Å². The number of aliphatic carboxylic acids is 1. The van der Waals surface area contributed by atoms with Gasteiger partial charge in [0.2, 0.25) is 0 Å². The van der Waals surface area contributed by atoms with E-state index in [1.54, 1.807) is 12.1 Å². The number of rotatable bonds is 4. The first-order valence-corrected chi connectivity index (χ1v) is 6.30. The van der Waals surface area contributed by atoms with Crippen LogP contribution in [0, 0.1) is 5.82 Å². The molecular formula is C14H18FNO2. The maximum atomic E-state index is 13.8. The summed E-state index contributed by atoms with van der Waals surface area (Å²) in [4.78, 5) is 11.5. The fourth-order valence-electron chi connectivity index (χ4n) is 2.60. The molecular weight excluding hydrogens is 233 g/mol. The number of halogens is 1. The Morgan fingerprint density at radius 1 is 1.39 bits per heavy atom. The zero-order valence-corrected chi connectivity index (χ0v) is 10.4. The molecule has 98 valence electrons. The first kappa shape index (κ1) is 13.0. The van der Waals surface area contributed by atoms with Crippen molar-refractivity contribution in [3.8, 4) is 0 Å². The van der Waals surface area contributed by atoms with E-state index in [0.717, 1.165) is 25.7 Å². The highest BCUT2D eigenvalue weighted by Gasteiger charge is 2.39. The van der Waals surface area contributed by atoms with Gasteiger partial charge in [-0.05, 0) is 25.8 Å². The largest absolute Gasteiger partial charge is 0.480 e. The normalized spacial score (nSPS) is 19.7. The highest BCUT2D eigenvalue weighted by molar-refractivity contribution is 5.80. The molecule has 4 heteroatoms. The topological polar surface area (TPSA) is 49.3 Å². The quantitative estimate of drug-likeness (QED) is 0.865. The van der Waals surface area contributed by atoms with Gasteiger partial charge in [0.15, 0.2) is 0 Å². The summed E-state index contributed by atoms with van der Waals surface area (Å²) in [5.74, 6) is -1.52. The van der Waals surface area contributed by atoms with Crippen molar-refractivity contribution in [2.45, 2.75) is 44.2 Å². The van der Waals surface area contributed by atoms with Gasteiger partial charge in [-0.1, -0.05) is 31.0 Å². The van der Waals surface area contributed by atoms with E-state index in [9.17, 15) is 14.3 Å². The highest BCUT2D eigenvalue weighted by atomic mass is 19.1. The molecule has 2 N–H and O–H groups in total. The summed E-state index contributed by atoms with van der Waals surface area (Å²) in [5, 5.41) is 12.6. The second-order valence-electron chi connectivity index (χ2n) is 5.04. The molecule has 1 aliphatic carbocycles. The fraction of sp³-hybridized carbons (Fsp3) is 0.500. The molecule has 0 aliphatic heterocycles. The van der Waals surface area contributed by atoms with E-state index in [1.807, 2.05) is 0 Å². The van der Waals surface area contributed by atoms with Crippen LogP contribution in [-0.2, 0) is 10.3 Å². The average Bonchev–Trinajstić information content (AvgIpc) is 2.81. The van der Waals surface area contributed by atoms with E-state index in [0.29, 0.717) is 0 Å². The number of hydrogen-bond donors (Lipinski definition) is 2. The van der Waals surface area contributed by atoms with Gasteiger partial charge in [0.25, 0.3) is 0 Å². The number of hydrogen-bond acceptors (Lipinski definition) is 2. The van der Waals surface area contributed by atoms with Crippen molar-refractivity contribution in [1.82, 2.24) is 5.32 Å². The van der Waals surface area contributed by atoms with Gasteiger partial charge in [-0.3, -0.25) is 5.32 Å². The van der Waals surface area contributed by atoms with E-state index in [2.05, 4.69) is 5.32 Å². The highest BCUT2D eigenvalue weighted by Crippen LogP contribution is 2.28. The monoisotopic (exact) mass is 251 g/mol. The van der Waals surface area contributed by atoms with Gasteiger partial charge in [0, 0.05) is 11.6 Å². The lowest BCUT2D eigenvalue weighted by Gasteiger charge is -2.30. The first-order valence-electron chi connectivity index (χ1n) is 6.30. The summed E-state index contributed by atoms with van der Waals surface area (Å²) in [7, 11) is 0. The van der Waals surface area contributed by atoms with Crippen LogP contribution in [0.4, 0.5) is 4.39 Å². The molecule has 0 radical (unpaired) electrons. The van der Waals surface area contributed by atoms with Crippen LogP contribution in [-0.4, -0.2) is 17.1 Å². The minimum absolute atomic E-state index is 0.158. The number of carboxylic acid groups (broad SMARTS) is 1. The summed E-state index contributed by atoms with van der Waals surface area (Å²) in [6, 6.07) is 6.22. The maximum Gasteiger partial charge on any atom is 0.328 e. The van der Waals surface area contributed by atoms with E-state index in [-0.39, 0.29) is 11.6 Å². The minimum Gasteiger partial charge on any atom is -0.480 e. The summed E-state index contributed by atoms with van der Waals surface area (Å²) in [5.41, 5.74) is -1.16. The molecule has 0 amide bonds.